The number of carboxylic acids is 3. The van der Waals surface area contributed by atoms with Crippen LogP contribution >= 0.6 is 0 Å². The molecule has 0 aromatic carbocycles. The van der Waals surface area contributed by atoms with Gasteiger partial charge < -0.3 is 21.1 Å². The molecule has 0 bridgehead atoms. The Balaban J connectivity index is -0.00000000494. The summed E-state index contributed by atoms with van der Waals surface area (Å²) >= 11 is 0. The van der Waals surface area contributed by atoms with E-state index in [1.807, 2.05) is 19.3 Å². The minimum Gasteiger partial charge on any atom is -0.481 e. The Hall–Kier alpha value is 8.82. The average Bonchev–Trinajstić information content (AvgIpc) is 2.59. The Morgan fingerprint density at radius 2 is 0.649 bits per heavy atom. The maximum atomic E-state index is 9.37. The van der Waals surface area contributed by atoms with Gasteiger partial charge in [-0.15, -0.1) is 4.99 Å². The van der Waals surface area contributed by atoms with Gasteiger partial charge in [-0.05, 0) is 7.05 Å². The standard InChI is InChI=1S/3C3H6O2.C2H6.CH5NO2.CH5N.4CH4.7Ar.3V/c3*1-2-3(4)5;1-2;1-2-4-3;1-2;;;;;;;;;;;;;;/h3*2H2,1H3,(H,4,5);1-2H3;2-3H,1H3;2H2,1H3;4*1H4;;;;;;;;;;. The van der Waals surface area contributed by atoms with Gasteiger partial charge in [0.2, 0.25) is 0 Å². The van der Waals surface area contributed by atoms with Crippen LogP contribution in [0, 0.1) is 264 Å². The monoisotopic (exact) mass is 843 g/mol. The van der Waals surface area contributed by atoms with Gasteiger partial charge in [-0.25, -0.2) is 5.26 Å². The predicted molar refractivity (Wildman–Crippen MR) is 115 cm³/mol. The van der Waals surface area contributed by atoms with E-state index in [1.165, 1.54) is 14.1 Å². The molecule has 0 aliphatic heterocycles. The molecule has 3 radical (unpaired) electrons. The maximum Gasteiger partial charge on any atom is 0.303 e. The zero-order valence-electron chi connectivity index (χ0n) is 18.9. The van der Waals surface area contributed by atoms with Gasteiger partial charge in [0.05, 0.1) is 0 Å². The maximum absolute atomic E-state index is 9.37. The molecule has 10 nitrogen and oxygen atoms in total. The first-order valence-corrected chi connectivity index (χ1v) is 6.93. The topological polar surface area (TPSA) is 179 Å². The molecule has 0 aliphatic carbocycles. The van der Waals surface area contributed by atoms with E-state index < -0.39 is 17.9 Å². The van der Waals surface area contributed by atoms with Crippen LogP contribution in [0.2, 0.25) is 0 Å². The number of carboxylic acid groups (broad SMARTS) is 3. The second-order valence-electron chi connectivity index (χ2n) is 2.54. The van der Waals surface area contributed by atoms with Crippen molar-refractivity contribution in [2.24, 2.45) is 5.73 Å². The molecule has 37 heavy (non-hydrogen) atoms. The first kappa shape index (κ1) is 138. The van der Waals surface area contributed by atoms with Crippen LogP contribution in [0.25, 0.3) is 0 Å². The molecule has 7 N–H and O–H groups in total. The smallest absolute Gasteiger partial charge is 0.303 e. The molecule has 0 fully saturated rings. The number of hydrogen-bond acceptors (Lipinski definition) is 7. The Morgan fingerprint density at radius 1 is 0.595 bits per heavy atom. The van der Waals surface area contributed by atoms with Crippen molar-refractivity contribution in [2.75, 3.05) is 14.1 Å². The number of aliphatic carboxylic acids is 3. The molecule has 0 saturated heterocycles. The van der Waals surface area contributed by atoms with E-state index in [-0.39, 0.29) is 369 Å². The minimum absolute atomic E-state index is 0. The Kier molecular flexibility index (Phi) is 617. The van der Waals surface area contributed by atoms with Crippen molar-refractivity contribution in [1.82, 2.24) is 5.48 Å². The molecule has 0 aromatic heterocycles. The molecule has 0 amide bonds. The normalized spacial score (nSPS) is 4.14. The number of hydrogen-bond donors (Lipinski definition) is 6. The van der Waals surface area contributed by atoms with E-state index in [4.69, 9.17) is 20.6 Å². The van der Waals surface area contributed by atoms with Crippen molar-refractivity contribution in [3.8, 4) is 0 Å². The van der Waals surface area contributed by atoms with Crippen molar-refractivity contribution in [1.29, 1.82) is 0 Å². The Labute approximate surface area is 474 Å². The zero-order chi connectivity index (χ0) is 20.3. The van der Waals surface area contributed by atoms with Crippen LogP contribution in [0.15, 0.2) is 0 Å². The molecule has 0 aromatic rings. The van der Waals surface area contributed by atoms with Crippen molar-refractivity contribution in [3.05, 3.63) is 0 Å². The molecule has 0 aliphatic rings. The minimum atomic E-state index is -0.745. The molecule has 0 atom stereocenters. The van der Waals surface area contributed by atoms with Crippen LogP contribution < -0.4 is 11.2 Å². The molecule has 0 rings (SSSR count). The van der Waals surface area contributed by atoms with Crippen LogP contribution in [-0.2, 0) is 75.0 Å². The molecular weight excluding hydrogens is 793 g/mol. The van der Waals surface area contributed by atoms with E-state index in [9.17, 15) is 14.4 Å². The molecule has 0 heterocycles. The Bertz CT molecular complexity index is 234. The van der Waals surface area contributed by atoms with Gasteiger partial charge in [0.25, 0.3) is 0 Å². The van der Waals surface area contributed by atoms with Crippen molar-refractivity contribution >= 4 is 17.9 Å². The molecule has 0 unspecified atom stereocenters. The van der Waals surface area contributed by atoms with Crippen LogP contribution in [0.5, 0.6) is 0 Å². The van der Waals surface area contributed by atoms with Crippen molar-refractivity contribution in [2.45, 2.75) is 83.6 Å². The number of hydroxylamine groups is 1. The third kappa shape index (κ3) is 328. The SMILES string of the molecule is C.C.C.C.CC.CCC(=O)O.CCC(=O)O.CCC(=O)O.CN.CNOO.[Ar].[Ar].[Ar].[Ar].[Ar].[Ar].[Ar].[V].[V].[V]. The molecule has 247 valence electrons. The number of nitrogens with one attached hydrogen (secondary N) is 1. The summed E-state index contributed by atoms with van der Waals surface area (Å²) in [7, 11) is 2.96. The number of rotatable bonds is 4. The third-order valence-electron chi connectivity index (χ3n) is 0.999. The van der Waals surface area contributed by atoms with E-state index in [0.29, 0.717) is 0 Å². The summed E-state index contributed by atoms with van der Waals surface area (Å²) < 4.78 is 0. The van der Waals surface area contributed by atoms with Crippen LogP contribution in [0.3, 0.4) is 0 Å². The van der Waals surface area contributed by atoms with Crippen LogP contribution in [0.4, 0.5) is 0 Å². The molecular formula is C17H50Ar7N2O8V3. The molecule has 20 heteroatoms. The quantitative estimate of drug-likeness (QED) is 0.178. The molecule has 0 saturated carbocycles. The van der Waals surface area contributed by atoms with Crippen LogP contribution in [0.1, 0.15) is 83.6 Å². The van der Waals surface area contributed by atoms with Gasteiger partial charge in [0.1, 0.15) is 0 Å². The van der Waals surface area contributed by atoms with Gasteiger partial charge >= 0.3 is 17.9 Å². The van der Waals surface area contributed by atoms with Crippen LogP contribution in [-0.4, -0.2) is 52.6 Å². The fraction of sp³-hybridized carbons (Fsp3) is 0.824. The van der Waals surface area contributed by atoms with E-state index in [1.54, 1.807) is 20.8 Å². The number of nitrogens with two attached hydrogens (primary N) is 1. The van der Waals surface area contributed by atoms with Gasteiger partial charge in [0.15, 0.2) is 0 Å². The predicted octanol–water partition coefficient (Wildman–Crippen LogP) is 4.19. The first-order valence-electron chi connectivity index (χ1n) is 6.93. The summed E-state index contributed by atoms with van der Waals surface area (Å²) in [6.45, 7) is 8.80. The second kappa shape index (κ2) is 165. The van der Waals surface area contributed by atoms with E-state index >= 15 is 0 Å². The van der Waals surface area contributed by atoms with Crippen molar-refractivity contribution < 1.29 is 360 Å². The Morgan fingerprint density at radius 3 is 0.649 bits per heavy atom. The van der Waals surface area contributed by atoms with Gasteiger partial charge in [-0.2, -0.15) is 5.48 Å². The zero-order valence-corrected chi connectivity index (χ0v) is 28.1. The summed E-state index contributed by atoms with van der Waals surface area (Å²) in [5.41, 5.74) is 6.49. The van der Waals surface area contributed by atoms with Crippen molar-refractivity contribution in [3.63, 3.8) is 0 Å². The average molecular weight is 843 g/mol. The summed E-state index contributed by atoms with van der Waals surface area (Å²) in [4.78, 5) is 31.4. The molecule has 0 spiro atoms. The van der Waals surface area contributed by atoms with Gasteiger partial charge in [-0.1, -0.05) is 64.3 Å². The summed E-state index contributed by atoms with van der Waals surface area (Å²) in [6, 6.07) is 0. The first-order chi connectivity index (χ1) is 10.7. The fourth-order valence-electron chi connectivity index (χ4n) is 0. The summed E-state index contributed by atoms with van der Waals surface area (Å²) in [5.74, 6) is -2.24. The fourth-order valence-corrected chi connectivity index (χ4v) is 0. The summed E-state index contributed by atoms with van der Waals surface area (Å²) in [6.07, 6.45) is 0.667. The summed E-state index contributed by atoms with van der Waals surface area (Å²) in [5, 5.41) is 30.4. The number of carbonyl (C=O) groups is 3. The second-order valence-corrected chi connectivity index (χ2v) is 2.54. The van der Waals surface area contributed by atoms with Gasteiger partial charge in [-0.3, -0.25) is 14.4 Å². The third-order valence-corrected chi connectivity index (χ3v) is 0.999. The van der Waals surface area contributed by atoms with Gasteiger partial charge in [0, 0.05) is 346 Å². The largest absolute Gasteiger partial charge is 0.481 e. The van der Waals surface area contributed by atoms with E-state index in [0.717, 1.165) is 0 Å². The van der Waals surface area contributed by atoms with E-state index in [2.05, 4.69) is 10.7 Å².